The summed E-state index contributed by atoms with van der Waals surface area (Å²) >= 11 is 0. The molecule has 1 aliphatic carbocycles. The van der Waals surface area contributed by atoms with E-state index in [0.717, 1.165) is 24.3 Å². The Labute approximate surface area is 186 Å². The smallest absolute Gasteiger partial charge is 0.314 e. The van der Waals surface area contributed by atoms with E-state index in [1.165, 1.54) is 11.1 Å². The summed E-state index contributed by atoms with van der Waals surface area (Å²) in [6.45, 7) is 12.3. The van der Waals surface area contributed by atoms with Crippen molar-refractivity contribution in [3.05, 3.63) is 59.5 Å². The maximum atomic E-state index is 12.7. The van der Waals surface area contributed by atoms with Gasteiger partial charge in [0.1, 0.15) is 5.76 Å². The van der Waals surface area contributed by atoms with Crippen LogP contribution in [-0.2, 0) is 14.3 Å². The molecule has 1 atom stereocenters. The summed E-state index contributed by atoms with van der Waals surface area (Å²) in [6.07, 6.45) is 4.50. The van der Waals surface area contributed by atoms with Crippen LogP contribution in [0.25, 0.3) is 0 Å². The predicted molar refractivity (Wildman–Crippen MR) is 124 cm³/mol. The van der Waals surface area contributed by atoms with Gasteiger partial charge in [0.15, 0.2) is 0 Å². The van der Waals surface area contributed by atoms with E-state index >= 15 is 0 Å². The number of aryl methyl sites for hydroxylation is 1. The highest BCUT2D eigenvalue weighted by Gasteiger charge is 2.37. The predicted octanol–water partition coefficient (Wildman–Crippen LogP) is 4.13. The van der Waals surface area contributed by atoms with Crippen molar-refractivity contribution in [3.63, 3.8) is 0 Å². The van der Waals surface area contributed by atoms with Crippen LogP contribution in [0.1, 0.15) is 57.1 Å². The standard InChI is InChI=1S/C25H37N3O3/c1-7-9-23(27(6)8-2)24(29)28(26)16-18(4)31-25(30)19(5)21-14-22(15-21)20-12-10-17(3)11-13-20/h9-13,19,21-22H,4,7-8,14-16,26H2,1-3,5-6H3/b23-9+. The summed E-state index contributed by atoms with van der Waals surface area (Å²) in [5.41, 5.74) is 3.11. The maximum Gasteiger partial charge on any atom is 0.314 e. The summed E-state index contributed by atoms with van der Waals surface area (Å²) in [7, 11) is 1.84. The number of nitrogens with two attached hydrogens (primary N) is 1. The first-order valence-corrected chi connectivity index (χ1v) is 11.1. The first kappa shape index (κ1) is 24.7. The molecule has 0 aliphatic heterocycles. The molecule has 0 spiro atoms. The second-order valence-electron chi connectivity index (χ2n) is 8.53. The molecule has 2 N–H and O–H groups in total. The molecule has 31 heavy (non-hydrogen) atoms. The minimum absolute atomic E-state index is 0.0352. The van der Waals surface area contributed by atoms with E-state index in [2.05, 4.69) is 37.8 Å². The van der Waals surface area contributed by atoms with E-state index in [0.29, 0.717) is 24.1 Å². The van der Waals surface area contributed by atoms with Crippen LogP contribution in [0.2, 0.25) is 0 Å². The molecule has 170 valence electrons. The number of carbonyl (C=O) groups is 2. The molecule has 1 fully saturated rings. The van der Waals surface area contributed by atoms with Gasteiger partial charge in [0, 0.05) is 13.6 Å². The topological polar surface area (TPSA) is 75.9 Å². The number of hydrazine groups is 1. The molecule has 0 bridgehead atoms. The van der Waals surface area contributed by atoms with E-state index in [9.17, 15) is 9.59 Å². The lowest BCUT2D eigenvalue weighted by Gasteiger charge is -2.38. The number of rotatable bonds is 10. The Balaban J connectivity index is 1.83. The highest BCUT2D eigenvalue weighted by molar-refractivity contribution is 5.92. The molecule has 0 aromatic heterocycles. The van der Waals surface area contributed by atoms with Crippen LogP contribution in [0.15, 0.2) is 48.4 Å². The van der Waals surface area contributed by atoms with Crippen molar-refractivity contribution < 1.29 is 14.3 Å². The number of carbonyl (C=O) groups excluding carboxylic acids is 2. The largest absolute Gasteiger partial charge is 0.429 e. The molecule has 6 heteroatoms. The molecule has 0 saturated heterocycles. The number of allylic oxidation sites excluding steroid dienone is 1. The zero-order chi connectivity index (χ0) is 23.1. The van der Waals surface area contributed by atoms with Crippen molar-refractivity contribution in [2.45, 2.75) is 52.9 Å². The van der Waals surface area contributed by atoms with E-state index in [4.69, 9.17) is 10.6 Å². The molecule has 6 nitrogen and oxygen atoms in total. The quantitative estimate of drug-likeness (QED) is 0.152. The van der Waals surface area contributed by atoms with Gasteiger partial charge in [-0.3, -0.25) is 14.6 Å². The van der Waals surface area contributed by atoms with Crippen molar-refractivity contribution >= 4 is 11.9 Å². The van der Waals surface area contributed by atoms with Crippen molar-refractivity contribution in [1.29, 1.82) is 0 Å². The molecule has 2 rings (SSSR count). The van der Waals surface area contributed by atoms with Crippen molar-refractivity contribution in [3.8, 4) is 0 Å². The average Bonchev–Trinajstić information content (AvgIpc) is 2.70. The normalized spacial score (nSPS) is 19.2. The Morgan fingerprint density at radius 1 is 1.26 bits per heavy atom. The van der Waals surface area contributed by atoms with E-state index in [-0.39, 0.29) is 30.1 Å². The van der Waals surface area contributed by atoms with Gasteiger partial charge >= 0.3 is 5.97 Å². The van der Waals surface area contributed by atoms with Crippen LogP contribution in [0.3, 0.4) is 0 Å². The molecule has 0 radical (unpaired) electrons. The number of esters is 1. The number of benzene rings is 1. The third-order valence-electron chi connectivity index (χ3n) is 6.16. The number of hydrogen-bond donors (Lipinski definition) is 1. The number of nitrogens with zero attached hydrogens (tertiary/aromatic N) is 2. The highest BCUT2D eigenvalue weighted by Crippen LogP contribution is 2.45. The summed E-state index contributed by atoms with van der Waals surface area (Å²) < 4.78 is 5.43. The fourth-order valence-corrected chi connectivity index (χ4v) is 3.82. The van der Waals surface area contributed by atoms with Crippen molar-refractivity contribution in [2.24, 2.45) is 17.7 Å². The Morgan fingerprint density at radius 3 is 2.42 bits per heavy atom. The van der Waals surface area contributed by atoms with Crippen LogP contribution < -0.4 is 5.84 Å². The van der Waals surface area contributed by atoms with E-state index in [1.807, 2.05) is 38.8 Å². The second-order valence-corrected chi connectivity index (χ2v) is 8.53. The molecule has 0 heterocycles. The third kappa shape index (κ3) is 6.44. The molecule has 1 amide bonds. The Bertz CT molecular complexity index is 810. The molecule has 1 saturated carbocycles. The summed E-state index contributed by atoms with van der Waals surface area (Å²) in [5, 5.41) is 1.05. The molecular weight excluding hydrogens is 390 g/mol. The van der Waals surface area contributed by atoms with Crippen LogP contribution in [0.4, 0.5) is 0 Å². The van der Waals surface area contributed by atoms with Gasteiger partial charge in [-0.2, -0.15) is 0 Å². The SMILES string of the molecule is C=C(CN(N)C(=O)/C(=C\CC)N(C)CC)OC(=O)C(C)C1CC(c2ccc(C)cc2)C1. The van der Waals surface area contributed by atoms with Gasteiger partial charge in [-0.05, 0) is 50.5 Å². The Kier molecular flexibility index (Phi) is 8.87. The molecule has 1 aromatic carbocycles. The van der Waals surface area contributed by atoms with Gasteiger partial charge in [-0.15, -0.1) is 0 Å². The van der Waals surface area contributed by atoms with Crippen LogP contribution >= 0.6 is 0 Å². The van der Waals surface area contributed by atoms with Gasteiger partial charge in [-0.1, -0.05) is 56.3 Å². The fourth-order valence-electron chi connectivity index (χ4n) is 3.82. The molecule has 1 aliphatic rings. The highest BCUT2D eigenvalue weighted by atomic mass is 16.5. The Morgan fingerprint density at radius 2 is 1.87 bits per heavy atom. The summed E-state index contributed by atoms with van der Waals surface area (Å²) in [5.74, 6) is 6.06. The Hall–Kier alpha value is -2.60. The van der Waals surface area contributed by atoms with Crippen molar-refractivity contribution in [1.82, 2.24) is 9.91 Å². The van der Waals surface area contributed by atoms with Crippen LogP contribution in [-0.4, -0.2) is 41.9 Å². The summed E-state index contributed by atoms with van der Waals surface area (Å²) in [4.78, 5) is 27.1. The monoisotopic (exact) mass is 427 g/mol. The van der Waals surface area contributed by atoms with Gasteiger partial charge in [0.25, 0.3) is 5.91 Å². The average molecular weight is 428 g/mol. The minimum atomic E-state index is -0.323. The lowest BCUT2D eigenvalue weighted by molar-refractivity contribution is -0.148. The third-order valence-corrected chi connectivity index (χ3v) is 6.16. The summed E-state index contributed by atoms with van der Waals surface area (Å²) in [6, 6.07) is 8.60. The van der Waals surface area contributed by atoms with Gasteiger partial charge < -0.3 is 9.64 Å². The molecule has 1 unspecified atom stereocenters. The molecule has 1 aromatic rings. The second kappa shape index (κ2) is 11.1. The number of likely N-dealkylation sites (N-methyl/N-ethyl adjacent to an activating group) is 1. The first-order chi connectivity index (χ1) is 14.7. The van der Waals surface area contributed by atoms with Gasteiger partial charge in [0.05, 0.1) is 18.2 Å². The molecular formula is C25H37N3O3. The zero-order valence-electron chi connectivity index (χ0n) is 19.6. The lowest BCUT2D eigenvalue weighted by atomic mass is 9.66. The maximum absolute atomic E-state index is 12.7. The van der Waals surface area contributed by atoms with Gasteiger partial charge in [0.2, 0.25) is 0 Å². The van der Waals surface area contributed by atoms with Crippen LogP contribution in [0.5, 0.6) is 0 Å². The lowest BCUT2D eigenvalue weighted by Crippen LogP contribution is -2.43. The number of amides is 1. The van der Waals surface area contributed by atoms with E-state index in [1.54, 1.807) is 0 Å². The van der Waals surface area contributed by atoms with E-state index < -0.39 is 0 Å². The number of hydrogen-bond acceptors (Lipinski definition) is 5. The fraction of sp³-hybridized carbons (Fsp3) is 0.520. The first-order valence-electron chi connectivity index (χ1n) is 11.1. The zero-order valence-corrected chi connectivity index (χ0v) is 19.6. The van der Waals surface area contributed by atoms with Gasteiger partial charge in [-0.25, -0.2) is 5.84 Å². The minimum Gasteiger partial charge on any atom is -0.429 e. The van der Waals surface area contributed by atoms with Crippen LogP contribution in [0, 0.1) is 18.8 Å². The number of ether oxygens (including phenoxy) is 1. The van der Waals surface area contributed by atoms with Crippen molar-refractivity contribution in [2.75, 3.05) is 20.1 Å².